The molecule has 5 nitrogen and oxygen atoms in total. The van der Waals surface area contributed by atoms with E-state index in [4.69, 9.17) is 9.15 Å². The summed E-state index contributed by atoms with van der Waals surface area (Å²) < 4.78 is 11.0. The fraction of sp³-hybridized carbons (Fsp3) is 0.200. The van der Waals surface area contributed by atoms with E-state index in [2.05, 4.69) is 5.32 Å². The van der Waals surface area contributed by atoms with Gasteiger partial charge in [-0.2, -0.15) is 0 Å². The maximum absolute atomic E-state index is 12.7. The van der Waals surface area contributed by atoms with E-state index >= 15 is 0 Å². The summed E-state index contributed by atoms with van der Waals surface area (Å²) in [6.07, 6.45) is 0. The molecular weight excluding hydrogens is 318 g/mol. The number of nitrogens with one attached hydrogen (secondary N) is 1. The number of para-hydroxylation sites is 1. The molecule has 25 heavy (non-hydrogen) atoms. The summed E-state index contributed by atoms with van der Waals surface area (Å²) in [6, 6.07) is 14.4. The van der Waals surface area contributed by atoms with E-state index in [1.807, 2.05) is 30.3 Å². The van der Waals surface area contributed by atoms with Crippen molar-refractivity contribution in [3.05, 3.63) is 69.9 Å². The zero-order valence-electron chi connectivity index (χ0n) is 14.2. The van der Waals surface area contributed by atoms with Crippen molar-refractivity contribution in [2.24, 2.45) is 0 Å². The first kappa shape index (κ1) is 16.9. The third-order valence-electron chi connectivity index (χ3n) is 4.02. The zero-order chi connectivity index (χ0) is 17.8. The second-order valence-electron chi connectivity index (χ2n) is 5.68. The quantitative estimate of drug-likeness (QED) is 0.726. The van der Waals surface area contributed by atoms with Crippen LogP contribution in [0.3, 0.4) is 0 Å². The topological polar surface area (TPSA) is 68.5 Å². The lowest BCUT2D eigenvalue weighted by molar-refractivity contribution is 0.0937. The van der Waals surface area contributed by atoms with Gasteiger partial charge in [-0.25, -0.2) is 0 Å². The number of benzene rings is 2. The van der Waals surface area contributed by atoms with Crippen molar-refractivity contribution >= 4 is 16.9 Å². The molecule has 0 radical (unpaired) electrons. The highest BCUT2D eigenvalue weighted by Crippen LogP contribution is 2.27. The summed E-state index contributed by atoms with van der Waals surface area (Å²) in [6.45, 7) is 2.53. The molecule has 0 aliphatic heterocycles. The first-order valence-corrected chi connectivity index (χ1v) is 8.02. The highest BCUT2D eigenvalue weighted by atomic mass is 16.5. The fourth-order valence-corrected chi connectivity index (χ4v) is 2.72. The lowest BCUT2D eigenvalue weighted by Gasteiger charge is -2.10. The van der Waals surface area contributed by atoms with Crippen LogP contribution in [0.25, 0.3) is 22.3 Å². The highest BCUT2D eigenvalue weighted by Gasteiger charge is 2.18. The van der Waals surface area contributed by atoms with Crippen LogP contribution in [0.15, 0.2) is 57.7 Å². The van der Waals surface area contributed by atoms with E-state index in [1.54, 1.807) is 32.2 Å². The normalized spacial score (nSPS) is 10.8. The van der Waals surface area contributed by atoms with Gasteiger partial charge in [0.15, 0.2) is 11.0 Å². The van der Waals surface area contributed by atoms with Crippen LogP contribution in [-0.2, 0) is 4.74 Å². The van der Waals surface area contributed by atoms with Gasteiger partial charge in [0.2, 0.25) is 0 Å². The molecule has 1 aromatic heterocycles. The number of hydrogen-bond acceptors (Lipinski definition) is 4. The number of carbonyl (C=O) groups excluding carboxylic acids is 1. The molecule has 0 spiro atoms. The summed E-state index contributed by atoms with van der Waals surface area (Å²) in [4.78, 5) is 25.2. The van der Waals surface area contributed by atoms with Crippen LogP contribution in [-0.4, -0.2) is 26.2 Å². The Balaban J connectivity index is 2.16. The molecule has 0 unspecified atom stereocenters. The number of rotatable bonds is 5. The molecular formula is C20H19NO4. The Bertz CT molecular complexity index is 961. The minimum Gasteiger partial charge on any atom is -0.455 e. The van der Waals surface area contributed by atoms with Gasteiger partial charge in [-0.1, -0.05) is 36.4 Å². The first-order chi connectivity index (χ1) is 12.1. The largest absolute Gasteiger partial charge is 0.455 e. The lowest BCUT2D eigenvalue weighted by atomic mass is 10.0. The molecule has 0 saturated carbocycles. The summed E-state index contributed by atoms with van der Waals surface area (Å²) in [5.41, 5.74) is 1.82. The van der Waals surface area contributed by atoms with E-state index in [0.29, 0.717) is 41.0 Å². The number of carbonyl (C=O) groups is 1. The molecule has 0 atom stereocenters. The smallest absolute Gasteiger partial charge is 0.255 e. The SMILES string of the molecule is COCCNC(=O)c1cccc2c(=O)c(C)c(-c3ccccc3)oc12. The summed E-state index contributed by atoms with van der Waals surface area (Å²) in [7, 11) is 1.57. The van der Waals surface area contributed by atoms with Gasteiger partial charge in [0, 0.05) is 24.8 Å². The van der Waals surface area contributed by atoms with E-state index < -0.39 is 0 Å². The van der Waals surface area contributed by atoms with E-state index in [9.17, 15) is 9.59 Å². The van der Waals surface area contributed by atoms with Crippen LogP contribution in [0, 0.1) is 6.92 Å². The van der Waals surface area contributed by atoms with Crippen molar-refractivity contribution in [1.29, 1.82) is 0 Å². The molecule has 0 fully saturated rings. The third kappa shape index (κ3) is 3.32. The average molecular weight is 337 g/mol. The van der Waals surface area contributed by atoms with Crippen LogP contribution in [0.4, 0.5) is 0 Å². The van der Waals surface area contributed by atoms with Gasteiger partial charge in [0.1, 0.15) is 5.76 Å². The average Bonchev–Trinajstić information content (AvgIpc) is 2.65. The van der Waals surface area contributed by atoms with Gasteiger partial charge in [-0.05, 0) is 19.1 Å². The predicted molar refractivity (Wildman–Crippen MR) is 96.9 cm³/mol. The van der Waals surface area contributed by atoms with Crippen molar-refractivity contribution in [2.45, 2.75) is 6.92 Å². The third-order valence-corrected chi connectivity index (χ3v) is 4.02. The molecule has 1 N–H and O–H groups in total. The van der Waals surface area contributed by atoms with Gasteiger partial charge >= 0.3 is 0 Å². The highest BCUT2D eigenvalue weighted by molar-refractivity contribution is 6.05. The summed E-state index contributed by atoms with van der Waals surface area (Å²) in [5.74, 6) is 0.184. The van der Waals surface area contributed by atoms with Gasteiger partial charge in [0.25, 0.3) is 5.91 Å². The summed E-state index contributed by atoms with van der Waals surface area (Å²) >= 11 is 0. The molecule has 0 bridgehead atoms. The number of methoxy groups -OCH3 is 1. The van der Waals surface area contributed by atoms with Crippen LogP contribution < -0.4 is 10.7 Å². The lowest BCUT2D eigenvalue weighted by Crippen LogP contribution is -2.27. The van der Waals surface area contributed by atoms with Gasteiger partial charge < -0.3 is 14.5 Å². The molecule has 1 heterocycles. The molecule has 3 aromatic rings. The Labute approximate surface area is 145 Å². The minimum atomic E-state index is -0.298. The Morgan fingerprint density at radius 1 is 1.12 bits per heavy atom. The Morgan fingerprint density at radius 3 is 2.60 bits per heavy atom. The van der Waals surface area contributed by atoms with E-state index in [-0.39, 0.29) is 11.3 Å². The summed E-state index contributed by atoms with van der Waals surface area (Å²) in [5, 5.41) is 3.16. The van der Waals surface area contributed by atoms with E-state index in [1.165, 1.54) is 0 Å². The molecule has 2 aromatic carbocycles. The molecule has 1 amide bonds. The second kappa shape index (κ2) is 7.32. The maximum Gasteiger partial charge on any atom is 0.255 e. The van der Waals surface area contributed by atoms with Crippen LogP contribution in [0.5, 0.6) is 0 Å². The van der Waals surface area contributed by atoms with Crippen molar-refractivity contribution in [3.8, 4) is 11.3 Å². The number of hydrogen-bond donors (Lipinski definition) is 1. The first-order valence-electron chi connectivity index (χ1n) is 8.02. The van der Waals surface area contributed by atoms with Crippen LogP contribution >= 0.6 is 0 Å². The van der Waals surface area contributed by atoms with Crippen LogP contribution in [0.1, 0.15) is 15.9 Å². The number of amides is 1. The van der Waals surface area contributed by atoms with E-state index in [0.717, 1.165) is 5.56 Å². The maximum atomic E-state index is 12.7. The van der Waals surface area contributed by atoms with Gasteiger partial charge in [-0.3, -0.25) is 9.59 Å². The standard InChI is InChI=1S/C20H19NO4/c1-13-17(22)15-9-6-10-16(20(23)21-11-12-24-2)19(15)25-18(13)14-7-4-3-5-8-14/h3-10H,11-12H2,1-2H3,(H,21,23). The number of fused-ring (bicyclic) bond motifs is 1. The van der Waals surface area contributed by atoms with Crippen molar-refractivity contribution < 1.29 is 13.9 Å². The number of ether oxygens (including phenoxy) is 1. The fourth-order valence-electron chi connectivity index (χ4n) is 2.72. The van der Waals surface area contributed by atoms with Crippen molar-refractivity contribution in [1.82, 2.24) is 5.32 Å². The second-order valence-corrected chi connectivity index (χ2v) is 5.68. The van der Waals surface area contributed by atoms with Gasteiger partial charge in [-0.15, -0.1) is 0 Å². The Hall–Kier alpha value is -2.92. The Kier molecular flexibility index (Phi) is 4.95. The van der Waals surface area contributed by atoms with Gasteiger partial charge in [0.05, 0.1) is 17.6 Å². The monoisotopic (exact) mass is 337 g/mol. The molecule has 0 saturated heterocycles. The Morgan fingerprint density at radius 2 is 1.88 bits per heavy atom. The predicted octanol–water partition coefficient (Wildman–Crippen LogP) is 3.14. The molecule has 0 aliphatic rings. The minimum absolute atomic E-state index is 0.133. The molecule has 0 aliphatic carbocycles. The van der Waals surface area contributed by atoms with Crippen LogP contribution in [0.2, 0.25) is 0 Å². The molecule has 3 rings (SSSR count). The molecule has 5 heteroatoms. The zero-order valence-corrected chi connectivity index (χ0v) is 14.2. The molecule has 128 valence electrons. The van der Waals surface area contributed by atoms with Crippen molar-refractivity contribution in [2.75, 3.05) is 20.3 Å². The van der Waals surface area contributed by atoms with Crippen molar-refractivity contribution in [3.63, 3.8) is 0 Å².